The lowest BCUT2D eigenvalue weighted by molar-refractivity contribution is 0.413. The Hall–Kier alpha value is -1.02. The summed E-state index contributed by atoms with van der Waals surface area (Å²) in [6, 6.07) is 6.93. The minimum absolute atomic E-state index is 0.514. The molecule has 2 nitrogen and oxygen atoms in total. The van der Waals surface area contributed by atoms with Gasteiger partial charge < -0.3 is 10.1 Å². The highest BCUT2D eigenvalue weighted by atomic mass is 16.5. The summed E-state index contributed by atoms with van der Waals surface area (Å²) in [6.45, 7) is 7.50. The van der Waals surface area contributed by atoms with E-state index in [1.807, 2.05) is 0 Å². The van der Waals surface area contributed by atoms with Gasteiger partial charge in [0.1, 0.15) is 5.75 Å². The van der Waals surface area contributed by atoms with Crippen LogP contribution in [0, 0.1) is 0 Å². The average molecular weight is 235 g/mol. The fourth-order valence-corrected chi connectivity index (χ4v) is 1.82. The van der Waals surface area contributed by atoms with Gasteiger partial charge in [-0.25, -0.2) is 0 Å². The van der Waals surface area contributed by atoms with Crippen LogP contribution in [0.1, 0.15) is 44.7 Å². The van der Waals surface area contributed by atoms with E-state index in [-0.39, 0.29) is 0 Å². The molecule has 2 heteroatoms. The summed E-state index contributed by atoms with van der Waals surface area (Å²) in [4.78, 5) is 0. The van der Waals surface area contributed by atoms with Crippen LogP contribution in [-0.4, -0.2) is 13.2 Å². The van der Waals surface area contributed by atoms with Crippen molar-refractivity contribution in [2.24, 2.45) is 0 Å². The van der Waals surface area contributed by atoms with Crippen LogP contribution in [0.25, 0.3) is 0 Å². The van der Waals surface area contributed by atoms with Crippen LogP contribution in [0.2, 0.25) is 0 Å². The summed E-state index contributed by atoms with van der Waals surface area (Å²) in [5, 5.41) is 3.47. The first-order chi connectivity index (χ1) is 8.17. The molecule has 0 amide bonds. The zero-order chi connectivity index (χ0) is 12.7. The van der Waals surface area contributed by atoms with Crippen LogP contribution >= 0.6 is 0 Å². The van der Waals surface area contributed by atoms with Crippen LogP contribution in [0.15, 0.2) is 18.2 Å². The molecule has 0 atom stereocenters. The zero-order valence-electron chi connectivity index (χ0n) is 11.5. The highest BCUT2D eigenvalue weighted by Gasteiger charge is 2.05. The third kappa shape index (κ3) is 4.78. The molecule has 1 N–H and O–H groups in total. The van der Waals surface area contributed by atoms with E-state index in [4.69, 9.17) is 4.74 Å². The van der Waals surface area contributed by atoms with Gasteiger partial charge in [-0.1, -0.05) is 33.3 Å². The molecule has 17 heavy (non-hydrogen) atoms. The van der Waals surface area contributed by atoms with Crippen LogP contribution in [0.4, 0.5) is 0 Å². The van der Waals surface area contributed by atoms with Gasteiger partial charge in [0.05, 0.1) is 7.11 Å². The number of methoxy groups -OCH3 is 1. The summed E-state index contributed by atoms with van der Waals surface area (Å²) in [5.74, 6) is 0.950. The van der Waals surface area contributed by atoms with Crippen LogP contribution < -0.4 is 10.1 Å². The number of ether oxygens (including phenoxy) is 1. The minimum Gasteiger partial charge on any atom is -0.497 e. The van der Waals surface area contributed by atoms with Gasteiger partial charge in [-0.3, -0.25) is 0 Å². The van der Waals surface area contributed by atoms with Gasteiger partial charge in [-0.15, -0.1) is 0 Å². The monoisotopic (exact) mass is 235 g/mol. The van der Waals surface area contributed by atoms with Crippen molar-refractivity contribution in [1.29, 1.82) is 0 Å². The number of rotatable bonds is 7. The molecule has 0 saturated heterocycles. The Balaban J connectivity index is 2.78. The molecular formula is C15H25NO. The molecule has 0 aliphatic heterocycles. The number of benzene rings is 1. The van der Waals surface area contributed by atoms with Gasteiger partial charge in [0.15, 0.2) is 0 Å². The van der Waals surface area contributed by atoms with Gasteiger partial charge in [-0.05, 0) is 36.1 Å². The fourth-order valence-electron chi connectivity index (χ4n) is 1.82. The fraction of sp³-hybridized carbons (Fsp3) is 0.600. The van der Waals surface area contributed by atoms with E-state index in [9.17, 15) is 0 Å². The topological polar surface area (TPSA) is 21.3 Å². The molecule has 1 rings (SSSR count). The maximum atomic E-state index is 5.29. The number of nitrogens with one attached hydrogen (secondary N) is 1. The lowest BCUT2D eigenvalue weighted by atomic mass is 10.0. The largest absolute Gasteiger partial charge is 0.497 e. The van der Waals surface area contributed by atoms with E-state index in [1.54, 1.807) is 7.11 Å². The number of hydrogen-bond donors (Lipinski definition) is 1. The predicted molar refractivity (Wildman–Crippen MR) is 73.6 cm³/mol. The zero-order valence-corrected chi connectivity index (χ0v) is 11.5. The summed E-state index contributed by atoms with van der Waals surface area (Å²) in [5.41, 5.74) is 2.81. The SMILES string of the molecule is CCCCc1ccc(OC)cc1CNC(C)C. The quantitative estimate of drug-likeness (QED) is 0.780. The van der Waals surface area contributed by atoms with E-state index in [2.05, 4.69) is 44.3 Å². The van der Waals surface area contributed by atoms with E-state index >= 15 is 0 Å². The molecule has 96 valence electrons. The lowest BCUT2D eigenvalue weighted by Crippen LogP contribution is -2.22. The van der Waals surface area contributed by atoms with Crippen molar-refractivity contribution in [3.63, 3.8) is 0 Å². The Labute approximate surface area is 105 Å². The second-order valence-corrected chi connectivity index (χ2v) is 4.77. The summed E-state index contributed by atoms with van der Waals surface area (Å²) < 4.78 is 5.29. The van der Waals surface area contributed by atoms with Crippen molar-refractivity contribution < 1.29 is 4.74 Å². The summed E-state index contributed by atoms with van der Waals surface area (Å²) in [7, 11) is 1.72. The Kier molecular flexibility index (Phi) is 6.06. The molecule has 0 spiro atoms. The molecule has 0 aliphatic rings. The van der Waals surface area contributed by atoms with Gasteiger partial charge in [-0.2, -0.15) is 0 Å². The minimum atomic E-state index is 0.514. The summed E-state index contributed by atoms with van der Waals surface area (Å²) in [6.07, 6.45) is 3.65. The van der Waals surface area contributed by atoms with Crippen molar-refractivity contribution in [2.75, 3.05) is 7.11 Å². The maximum Gasteiger partial charge on any atom is 0.119 e. The molecule has 0 aromatic heterocycles. The van der Waals surface area contributed by atoms with Crippen LogP contribution in [-0.2, 0) is 13.0 Å². The van der Waals surface area contributed by atoms with E-state index in [0.717, 1.165) is 18.7 Å². The Morgan fingerprint density at radius 3 is 2.59 bits per heavy atom. The van der Waals surface area contributed by atoms with E-state index < -0.39 is 0 Å². The standard InChI is InChI=1S/C15H25NO/c1-5-6-7-13-8-9-15(17-4)10-14(13)11-16-12(2)3/h8-10,12,16H,5-7,11H2,1-4H3. The average Bonchev–Trinajstić information content (AvgIpc) is 2.34. The number of unbranched alkanes of at least 4 members (excludes halogenated alkanes) is 1. The number of hydrogen-bond acceptors (Lipinski definition) is 2. The molecule has 0 radical (unpaired) electrons. The third-order valence-electron chi connectivity index (χ3n) is 2.91. The molecule has 0 fully saturated rings. The van der Waals surface area contributed by atoms with Crippen LogP contribution in [0.3, 0.4) is 0 Å². The second kappa shape index (κ2) is 7.33. The maximum absolute atomic E-state index is 5.29. The Morgan fingerprint density at radius 1 is 1.24 bits per heavy atom. The third-order valence-corrected chi connectivity index (χ3v) is 2.91. The van der Waals surface area contributed by atoms with E-state index in [1.165, 1.54) is 24.0 Å². The smallest absolute Gasteiger partial charge is 0.119 e. The second-order valence-electron chi connectivity index (χ2n) is 4.77. The van der Waals surface area contributed by atoms with Crippen molar-refractivity contribution in [1.82, 2.24) is 5.32 Å². The lowest BCUT2D eigenvalue weighted by Gasteiger charge is -2.14. The van der Waals surface area contributed by atoms with E-state index in [0.29, 0.717) is 6.04 Å². The molecule has 0 unspecified atom stereocenters. The molecule has 0 bridgehead atoms. The number of aryl methyl sites for hydroxylation is 1. The molecule has 0 aliphatic carbocycles. The Morgan fingerprint density at radius 2 is 2.00 bits per heavy atom. The van der Waals surface area contributed by atoms with Crippen molar-refractivity contribution in [2.45, 2.75) is 52.6 Å². The first-order valence-corrected chi connectivity index (χ1v) is 6.56. The Bertz CT molecular complexity index is 334. The van der Waals surface area contributed by atoms with Crippen molar-refractivity contribution >= 4 is 0 Å². The molecule has 0 heterocycles. The molecule has 1 aromatic carbocycles. The van der Waals surface area contributed by atoms with Gasteiger partial charge in [0, 0.05) is 12.6 Å². The van der Waals surface area contributed by atoms with Gasteiger partial charge in [0.25, 0.3) is 0 Å². The van der Waals surface area contributed by atoms with Crippen molar-refractivity contribution in [3.8, 4) is 5.75 Å². The first-order valence-electron chi connectivity index (χ1n) is 6.56. The van der Waals surface area contributed by atoms with Gasteiger partial charge in [0.2, 0.25) is 0 Å². The molecule has 1 aromatic rings. The first kappa shape index (κ1) is 14.0. The predicted octanol–water partition coefficient (Wildman–Crippen LogP) is 3.54. The van der Waals surface area contributed by atoms with Crippen molar-refractivity contribution in [3.05, 3.63) is 29.3 Å². The normalized spacial score (nSPS) is 10.9. The summed E-state index contributed by atoms with van der Waals surface area (Å²) >= 11 is 0. The highest BCUT2D eigenvalue weighted by molar-refractivity contribution is 5.35. The van der Waals surface area contributed by atoms with Gasteiger partial charge >= 0.3 is 0 Å². The van der Waals surface area contributed by atoms with Crippen LogP contribution in [0.5, 0.6) is 5.75 Å². The molecular weight excluding hydrogens is 210 g/mol. The highest BCUT2D eigenvalue weighted by Crippen LogP contribution is 2.19. The molecule has 0 saturated carbocycles.